The van der Waals surface area contributed by atoms with Crippen LogP contribution < -0.4 is 4.90 Å². The van der Waals surface area contributed by atoms with Crippen molar-refractivity contribution in [2.45, 2.75) is 6.54 Å². The maximum atomic E-state index is 12.7. The molecule has 0 spiro atoms. The second-order valence-electron chi connectivity index (χ2n) is 6.69. The maximum Gasteiger partial charge on any atom is 0.318 e. The van der Waals surface area contributed by atoms with Gasteiger partial charge in [0.15, 0.2) is 0 Å². The van der Waals surface area contributed by atoms with Gasteiger partial charge in [0.05, 0.1) is 25.1 Å². The number of ether oxygens (including phenoxy) is 1. The Bertz CT molecular complexity index is 958. The number of aromatic nitrogens is 3. The van der Waals surface area contributed by atoms with E-state index in [1.54, 1.807) is 23.0 Å². The minimum Gasteiger partial charge on any atom is -0.379 e. The van der Waals surface area contributed by atoms with Gasteiger partial charge in [0.1, 0.15) is 5.56 Å². The number of carbonyl (C=O) groups excluding carboxylic acids is 1. The van der Waals surface area contributed by atoms with Gasteiger partial charge in [0.25, 0.3) is 12.2 Å². The quantitative estimate of drug-likeness (QED) is 0.752. The van der Waals surface area contributed by atoms with Gasteiger partial charge in [-0.3, -0.25) is 14.6 Å². The van der Waals surface area contributed by atoms with Crippen LogP contribution >= 0.6 is 0 Å². The zero-order valence-electron chi connectivity index (χ0n) is 14.9. The van der Waals surface area contributed by atoms with Gasteiger partial charge in [-0.25, -0.2) is 0 Å². The second-order valence-corrected chi connectivity index (χ2v) is 6.69. The molecule has 9 heteroatoms. The molecule has 0 bridgehead atoms. The van der Waals surface area contributed by atoms with Crippen LogP contribution in [0.25, 0.3) is 5.82 Å². The molecule has 1 aromatic carbocycles. The van der Waals surface area contributed by atoms with Crippen molar-refractivity contribution >= 4 is 23.8 Å². The minimum atomic E-state index is -0.0616. The summed E-state index contributed by atoms with van der Waals surface area (Å²) in [5.74, 6) is 1.20. The molecule has 3 aliphatic rings. The average Bonchev–Trinajstić information content (AvgIpc) is 3.34. The van der Waals surface area contributed by atoms with E-state index in [-0.39, 0.29) is 5.91 Å². The lowest BCUT2D eigenvalue weighted by atomic mass is 10.1. The lowest BCUT2D eigenvalue weighted by Gasteiger charge is -2.25. The SMILES string of the molecule is CN1C(=O)c2ccccc2[N+]2C=NC(n3cc(CN4CCOCC4)nn3)=C12. The summed E-state index contributed by atoms with van der Waals surface area (Å²) in [6, 6.07) is 7.52. The average molecular weight is 365 g/mol. The van der Waals surface area contributed by atoms with Crippen LogP contribution in [0, 0.1) is 0 Å². The molecule has 4 heterocycles. The number of aliphatic imine (C=N–C) groups is 1. The molecule has 0 unspecified atom stereocenters. The van der Waals surface area contributed by atoms with E-state index in [1.807, 2.05) is 35.4 Å². The predicted octanol–water partition coefficient (Wildman–Crippen LogP) is 0.793. The van der Waals surface area contributed by atoms with Gasteiger partial charge in [-0.05, 0) is 11.0 Å². The van der Waals surface area contributed by atoms with E-state index in [0.29, 0.717) is 17.2 Å². The first-order valence-electron chi connectivity index (χ1n) is 8.89. The molecule has 0 N–H and O–H groups in total. The maximum absolute atomic E-state index is 12.7. The highest BCUT2D eigenvalue weighted by atomic mass is 16.5. The molecule has 0 saturated carbocycles. The summed E-state index contributed by atoms with van der Waals surface area (Å²) in [7, 11) is 1.75. The number of amides is 1. The Hall–Kier alpha value is -2.88. The highest BCUT2D eigenvalue weighted by Gasteiger charge is 2.46. The van der Waals surface area contributed by atoms with Crippen molar-refractivity contribution in [2.24, 2.45) is 4.99 Å². The smallest absolute Gasteiger partial charge is 0.318 e. The predicted molar refractivity (Wildman–Crippen MR) is 98.2 cm³/mol. The lowest BCUT2D eigenvalue weighted by Crippen LogP contribution is -2.41. The molecule has 137 valence electrons. The van der Waals surface area contributed by atoms with Crippen LogP contribution in [0.15, 0.2) is 41.3 Å². The van der Waals surface area contributed by atoms with Crippen molar-refractivity contribution in [3.63, 3.8) is 0 Å². The van der Waals surface area contributed by atoms with Crippen molar-refractivity contribution in [3.05, 3.63) is 47.5 Å². The van der Waals surface area contributed by atoms with Crippen molar-refractivity contribution in [1.29, 1.82) is 0 Å². The van der Waals surface area contributed by atoms with Crippen LogP contribution in [0.1, 0.15) is 16.1 Å². The number of hydrogen-bond donors (Lipinski definition) is 0. The molecule has 27 heavy (non-hydrogen) atoms. The fourth-order valence-corrected chi connectivity index (χ4v) is 3.59. The van der Waals surface area contributed by atoms with Gasteiger partial charge in [-0.1, -0.05) is 17.3 Å². The molecule has 1 amide bonds. The molecule has 1 radical (unpaired) electrons. The molecule has 0 atom stereocenters. The van der Waals surface area contributed by atoms with Crippen molar-refractivity contribution < 1.29 is 9.53 Å². The number of hydrogen-bond acceptors (Lipinski definition) is 7. The molecule has 0 aliphatic carbocycles. The lowest BCUT2D eigenvalue weighted by molar-refractivity contribution is 0.0336. The monoisotopic (exact) mass is 365 g/mol. The Morgan fingerprint density at radius 3 is 2.89 bits per heavy atom. The van der Waals surface area contributed by atoms with E-state index in [2.05, 4.69) is 20.2 Å². The second kappa shape index (κ2) is 6.38. The van der Waals surface area contributed by atoms with Gasteiger partial charge >= 0.3 is 5.82 Å². The van der Waals surface area contributed by atoms with E-state index in [0.717, 1.165) is 44.2 Å². The third-order valence-corrected chi connectivity index (χ3v) is 4.99. The summed E-state index contributed by atoms with van der Waals surface area (Å²) in [4.78, 5) is 23.1. The summed E-state index contributed by atoms with van der Waals surface area (Å²) in [5.41, 5.74) is 2.34. The Kier molecular flexibility index (Phi) is 3.85. The first-order chi connectivity index (χ1) is 13.2. The fourth-order valence-electron chi connectivity index (χ4n) is 3.59. The summed E-state index contributed by atoms with van der Waals surface area (Å²) in [6.45, 7) is 3.99. The van der Waals surface area contributed by atoms with Gasteiger partial charge in [-0.2, -0.15) is 9.67 Å². The van der Waals surface area contributed by atoms with E-state index < -0.39 is 0 Å². The number of carbonyl (C=O) groups is 1. The summed E-state index contributed by atoms with van der Waals surface area (Å²) in [6.07, 6.45) is 3.59. The van der Waals surface area contributed by atoms with E-state index in [9.17, 15) is 4.79 Å². The molecule has 5 rings (SSSR count). The van der Waals surface area contributed by atoms with Gasteiger partial charge in [0.2, 0.25) is 11.5 Å². The van der Waals surface area contributed by atoms with Crippen molar-refractivity contribution in [1.82, 2.24) is 29.7 Å². The van der Waals surface area contributed by atoms with Crippen LogP contribution in [-0.4, -0.2) is 70.4 Å². The highest BCUT2D eigenvalue weighted by Crippen LogP contribution is 2.36. The van der Waals surface area contributed by atoms with Crippen LogP contribution in [0.4, 0.5) is 5.69 Å². The van der Waals surface area contributed by atoms with Gasteiger partial charge < -0.3 is 4.74 Å². The largest absolute Gasteiger partial charge is 0.379 e. The van der Waals surface area contributed by atoms with Gasteiger partial charge in [-0.15, -0.1) is 5.10 Å². The fraction of sp³-hybridized carbons (Fsp3) is 0.333. The standard InChI is InChI=1S/C18H19N7O2/c1-22-17-16(19-12-24(17)15-5-3-2-4-14(15)18(22)26)25-11-13(20-21-25)10-23-6-8-27-9-7-23/h2-5,11-12H,6-10H2,1H3/q+1. The normalized spacial score (nSPS) is 20.3. The number of nitrogens with zero attached hydrogens (tertiary/aromatic N) is 7. The summed E-state index contributed by atoms with van der Waals surface area (Å²) < 4.78 is 7.02. The molecule has 2 aromatic rings. The van der Waals surface area contributed by atoms with E-state index >= 15 is 0 Å². The van der Waals surface area contributed by atoms with E-state index in [1.165, 1.54) is 0 Å². The van der Waals surface area contributed by atoms with Crippen LogP contribution in [0.2, 0.25) is 0 Å². The molecule has 9 nitrogen and oxygen atoms in total. The number of fused-ring (bicyclic) bond motifs is 3. The first-order valence-corrected chi connectivity index (χ1v) is 8.89. The number of anilines is 1. The molecular formula is C18H19N7O2+. The van der Waals surface area contributed by atoms with Crippen LogP contribution in [-0.2, 0) is 11.3 Å². The van der Waals surface area contributed by atoms with Crippen LogP contribution in [0.3, 0.4) is 0 Å². The minimum absolute atomic E-state index is 0.0616. The summed E-state index contributed by atoms with van der Waals surface area (Å²) in [5, 5.41) is 8.52. The number of morpholine rings is 1. The van der Waals surface area contributed by atoms with Gasteiger partial charge in [0, 0.05) is 32.7 Å². The zero-order chi connectivity index (χ0) is 18.4. The molecule has 1 fully saturated rings. The highest BCUT2D eigenvalue weighted by molar-refractivity contribution is 6.06. The third kappa shape index (κ3) is 2.67. The molecule has 3 aliphatic heterocycles. The van der Waals surface area contributed by atoms with Crippen LogP contribution in [0.5, 0.6) is 0 Å². The zero-order valence-corrected chi connectivity index (χ0v) is 14.9. The number of rotatable bonds is 3. The molecule has 1 aromatic heterocycles. The van der Waals surface area contributed by atoms with Crippen molar-refractivity contribution in [3.8, 4) is 0 Å². The Morgan fingerprint density at radius 1 is 1.22 bits per heavy atom. The van der Waals surface area contributed by atoms with E-state index in [4.69, 9.17) is 4.74 Å². The first kappa shape index (κ1) is 16.3. The number of benzene rings is 1. The Labute approximate surface area is 156 Å². The van der Waals surface area contributed by atoms with Crippen molar-refractivity contribution in [2.75, 3.05) is 33.4 Å². The summed E-state index contributed by atoms with van der Waals surface area (Å²) >= 11 is 0. The Balaban J connectivity index is 1.48. The number of para-hydroxylation sites is 1. The molecular weight excluding hydrogens is 346 g/mol. The topological polar surface area (TPSA) is 81.8 Å². The molecule has 1 saturated heterocycles. The third-order valence-electron chi connectivity index (χ3n) is 4.99. The Morgan fingerprint density at radius 2 is 2.04 bits per heavy atom.